The lowest BCUT2D eigenvalue weighted by Gasteiger charge is -2.33. The molecule has 3 N–H and O–H groups in total. The normalized spacial score (nSPS) is 26.5. The quantitative estimate of drug-likeness (QED) is 0.859. The van der Waals surface area contributed by atoms with Crippen LogP contribution in [0.1, 0.15) is 40.0 Å². The van der Waals surface area contributed by atoms with Gasteiger partial charge in [0.05, 0.1) is 16.8 Å². The molecular formula is C17H25Cl2N2O+. The Hall–Kier alpha value is -0.770. The van der Waals surface area contributed by atoms with Gasteiger partial charge in [0.2, 0.25) is 0 Å². The van der Waals surface area contributed by atoms with Gasteiger partial charge in [0.15, 0.2) is 6.04 Å². The Balaban J connectivity index is 1.96. The SMILES string of the molecule is C[C@@H]1[C@@H](C)CCC[C@H]1[NH2+][C@@H](C)C(=O)Nc1cc(Cl)ccc1Cl. The Morgan fingerprint density at radius 3 is 2.77 bits per heavy atom. The minimum Gasteiger partial charge on any atom is -0.334 e. The third kappa shape index (κ3) is 4.37. The Labute approximate surface area is 142 Å². The summed E-state index contributed by atoms with van der Waals surface area (Å²) in [6.07, 6.45) is 3.73. The fraction of sp³-hybridized carbons (Fsp3) is 0.588. The lowest BCUT2D eigenvalue weighted by molar-refractivity contribution is -0.715. The smallest absolute Gasteiger partial charge is 0.282 e. The highest BCUT2D eigenvalue weighted by atomic mass is 35.5. The molecule has 1 fully saturated rings. The molecule has 1 saturated carbocycles. The van der Waals surface area contributed by atoms with Crippen LogP contribution in [0.25, 0.3) is 0 Å². The molecule has 5 heteroatoms. The monoisotopic (exact) mass is 343 g/mol. The van der Waals surface area contributed by atoms with Crippen LogP contribution in [0, 0.1) is 11.8 Å². The first-order valence-electron chi connectivity index (χ1n) is 7.99. The highest BCUT2D eigenvalue weighted by molar-refractivity contribution is 6.35. The minimum atomic E-state index is -0.146. The molecule has 3 nitrogen and oxygen atoms in total. The van der Waals surface area contributed by atoms with Crippen molar-refractivity contribution < 1.29 is 10.1 Å². The van der Waals surface area contributed by atoms with Crippen molar-refractivity contribution in [2.24, 2.45) is 11.8 Å². The lowest BCUT2D eigenvalue weighted by atomic mass is 9.78. The van der Waals surface area contributed by atoms with E-state index in [4.69, 9.17) is 23.2 Å². The zero-order valence-corrected chi connectivity index (χ0v) is 14.9. The van der Waals surface area contributed by atoms with E-state index >= 15 is 0 Å². The van der Waals surface area contributed by atoms with Gasteiger partial charge in [-0.15, -0.1) is 0 Å². The first kappa shape index (κ1) is 17.6. The van der Waals surface area contributed by atoms with Crippen molar-refractivity contribution in [1.29, 1.82) is 0 Å². The Kier molecular flexibility index (Phi) is 6.13. The Morgan fingerprint density at radius 2 is 2.05 bits per heavy atom. The molecule has 0 aromatic heterocycles. The second-order valence-corrected chi connectivity index (χ2v) is 7.37. The number of rotatable bonds is 4. The summed E-state index contributed by atoms with van der Waals surface area (Å²) in [5.41, 5.74) is 0.574. The van der Waals surface area contributed by atoms with Crippen LogP contribution in [0.4, 0.5) is 5.69 Å². The average molecular weight is 344 g/mol. The predicted molar refractivity (Wildman–Crippen MR) is 92.4 cm³/mol. The summed E-state index contributed by atoms with van der Waals surface area (Å²) in [6.45, 7) is 6.55. The van der Waals surface area contributed by atoms with Gasteiger partial charge in [0, 0.05) is 10.9 Å². The number of anilines is 1. The molecule has 0 saturated heterocycles. The number of quaternary nitrogens is 1. The van der Waals surface area contributed by atoms with E-state index in [2.05, 4.69) is 24.5 Å². The number of halogens is 2. The molecule has 1 aliphatic rings. The molecule has 0 unspecified atom stereocenters. The lowest BCUT2D eigenvalue weighted by Crippen LogP contribution is -2.97. The summed E-state index contributed by atoms with van der Waals surface area (Å²) in [4.78, 5) is 12.4. The zero-order chi connectivity index (χ0) is 16.3. The highest BCUT2D eigenvalue weighted by Crippen LogP contribution is 2.28. The summed E-state index contributed by atoms with van der Waals surface area (Å²) >= 11 is 12.0. The van der Waals surface area contributed by atoms with E-state index < -0.39 is 0 Å². The summed E-state index contributed by atoms with van der Waals surface area (Å²) in [5.74, 6) is 1.33. The van der Waals surface area contributed by atoms with E-state index in [9.17, 15) is 4.79 Å². The van der Waals surface area contributed by atoms with Gasteiger partial charge in [-0.2, -0.15) is 0 Å². The van der Waals surface area contributed by atoms with Crippen LogP contribution in [0.5, 0.6) is 0 Å². The van der Waals surface area contributed by atoms with E-state index in [1.165, 1.54) is 19.3 Å². The van der Waals surface area contributed by atoms with E-state index in [0.29, 0.717) is 27.7 Å². The van der Waals surface area contributed by atoms with Gasteiger partial charge in [-0.25, -0.2) is 0 Å². The number of carbonyl (C=O) groups excluding carboxylic acids is 1. The van der Waals surface area contributed by atoms with Crippen molar-refractivity contribution in [2.75, 3.05) is 5.32 Å². The van der Waals surface area contributed by atoms with Crippen molar-refractivity contribution in [1.82, 2.24) is 0 Å². The fourth-order valence-electron chi connectivity index (χ4n) is 3.19. The van der Waals surface area contributed by atoms with Crippen molar-refractivity contribution in [3.05, 3.63) is 28.2 Å². The Morgan fingerprint density at radius 1 is 1.32 bits per heavy atom. The van der Waals surface area contributed by atoms with Crippen LogP contribution < -0.4 is 10.6 Å². The molecule has 0 heterocycles. The van der Waals surface area contributed by atoms with Crippen molar-refractivity contribution in [3.8, 4) is 0 Å². The number of hydrogen-bond acceptors (Lipinski definition) is 1. The molecule has 122 valence electrons. The second kappa shape index (κ2) is 7.67. The van der Waals surface area contributed by atoms with Gasteiger partial charge in [0.25, 0.3) is 5.91 Å². The molecule has 0 aliphatic heterocycles. The molecule has 1 amide bonds. The minimum absolute atomic E-state index is 0.0328. The topological polar surface area (TPSA) is 45.7 Å². The number of carbonyl (C=O) groups is 1. The molecule has 0 radical (unpaired) electrons. The van der Waals surface area contributed by atoms with Crippen LogP contribution in [-0.2, 0) is 4.79 Å². The van der Waals surface area contributed by atoms with Crippen molar-refractivity contribution in [2.45, 2.75) is 52.1 Å². The average Bonchev–Trinajstić information content (AvgIpc) is 2.47. The number of nitrogens with two attached hydrogens (primary N) is 1. The van der Waals surface area contributed by atoms with Crippen LogP contribution >= 0.6 is 23.2 Å². The summed E-state index contributed by atoms with van der Waals surface area (Å²) in [6, 6.07) is 5.45. The van der Waals surface area contributed by atoms with E-state index in [1.807, 2.05) is 6.92 Å². The van der Waals surface area contributed by atoms with Crippen LogP contribution in [-0.4, -0.2) is 18.0 Å². The molecule has 4 atom stereocenters. The summed E-state index contributed by atoms with van der Waals surface area (Å²) in [5, 5.41) is 6.15. The van der Waals surface area contributed by atoms with Crippen molar-refractivity contribution in [3.63, 3.8) is 0 Å². The van der Waals surface area contributed by atoms with Gasteiger partial charge in [-0.1, -0.05) is 37.0 Å². The van der Waals surface area contributed by atoms with Gasteiger partial charge < -0.3 is 10.6 Å². The molecule has 0 spiro atoms. The first-order chi connectivity index (χ1) is 10.4. The maximum atomic E-state index is 12.4. The number of nitrogens with one attached hydrogen (secondary N) is 1. The first-order valence-corrected chi connectivity index (χ1v) is 8.75. The maximum absolute atomic E-state index is 12.4. The standard InChI is InChI=1S/C17H24Cl2N2O/c1-10-5-4-6-15(11(10)2)20-12(3)17(22)21-16-9-13(18)7-8-14(16)19/h7-12,15,20H,4-6H2,1-3H3,(H,21,22)/p+1/t10-,11+,12-,15+/m0/s1. The molecule has 1 aromatic carbocycles. The largest absolute Gasteiger partial charge is 0.334 e. The van der Waals surface area contributed by atoms with E-state index in [1.54, 1.807) is 18.2 Å². The van der Waals surface area contributed by atoms with Crippen LogP contribution in [0.2, 0.25) is 10.0 Å². The molecule has 22 heavy (non-hydrogen) atoms. The number of hydrogen-bond donors (Lipinski definition) is 2. The van der Waals surface area contributed by atoms with E-state index in [-0.39, 0.29) is 11.9 Å². The predicted octanol–water partition coefficient (Wildman–Crippen LogP) is 3.71. The molecule has 0 bridgehead atoms. The second-order valence-electron chi connectivity index (χ2n) is 6.53. The van der Waals surface area contributed by atoms with Gasteiger partial charge in [-0.05, 0) is 50.3 Å². The highest BCUT2D eigenvalue weighted by Gasteiger charge is 2.32. The van der Waals surface area contributed by atoms with E-state index in [0.717, 1.165) is 5.92 Å². The molecule has 1 aliphatic carbocycles. The molecule has 2 rings (SSSR count). The Bertz CT molecular complexity index is 535. The third-order valence-corrected chi connectivity index (χ3v) is 5.47. The third-order valence-electron chi connectivity index (χ3n) is 4.91. The van der Waals surface area contributed by atoms with Gasteiger partial charge in [-0.3, -0.25) is 4.79 Å². The summed E-state index contributed by atoms with van der Waals surface area (Å²) < 4.78 is 0. The molecule has 1 aromatic rings. The fourth-order valence-corrected chi connectivity index (χ4v) is 3.53. The van der Waals surface area contributed by atoms with Crippen LogP contribution in [0.3, 0.4) is 0 Å². The number of benzene rings is 1. The maximum Gasteiger partial charge on any atom is 0.282 e. The summed E-state index contributed by atoms with van der Waals surface area (Å²) in [7, 11) is 0. The molecular weight excluding hydrogens is 319 g/mol. The van der Waals surface area contributed by atoms with Crippen molar-refractivity contribution >= 4 is 34.8 Å². The van der Waals surface area contributed by atoms with Gasteiger partial charge >= 0.3 is 0 Å². The van der Waals surface area contributed by atoms with Crippen LogP contribution in [0.15, 0.2) is 18.2 Å². The number of amides is 1. The zero-order valence-electron chi connectivity index (χ0n) is 13.4. The van der Waals surface area contributed by atoms with Gasteiger partial charge in [0.1, 0.15) is 0 Å².